The number of aromatic nitrogens is 2. The fourth-order valence-electron chi connectivity index (χ4n) is 8.20. The molecule has 7 aromatic carbocycles. The second-order valence-corrected chi connectivity index (χ2v) is 13.6. The average Bonchev–Trinajstić information content (AvgIpc) is 3.60. The minimum Gasteiger partial charge on any atom is -0.232 e. The summed E-state index contributed by atoms with van der Waals surface area (Å²) in [7, 11) is 0. The van der Waals surface area contributed by atoms with Crippen molar-refractivity contribution in [2.45, 2.75) is 18.8 Å². The number of rotatable bonds is 5. The van der Waals surface area contributed by atoms with Gasteiger partial charge in [0, 0.05) is 17.0 Å². The summed E-state index contributed by atoms with van der Waals surface area (Å²) in [5.74, 6) is 0.925. The molecule has 0 fully saturated rings. The largest absolute Gasteiger partial charge is 0.232 e. The molecule has 0 spiro atoms. The van der Waals surface area contributed by atoms with Crippen LogP contribution in [0.2, 0.25) is 0 Å². The number of fused-ring (bicyclic) bond motifs is 6. The van der Waals surface area contributed by atoms with Gasteiger partial charge in [-0.1, -0.05) is 164 Å². The molecule has 0 radical (unpaired) electrons. The van der Waals surface area contributed by atoms with Crippen LogP contribution in [0.15, 0.2) is 176 Å². The van der Waals surface area contributed by atoms with E-state index in [4.69, 9.17) is 9.97 Å². The van der Waals surface area contributed by atoms with Gasteiger partial charge >= 0.3 is 0 Å². The third kappa shape index (κ3) is 5.11. The maximum atomic E-state index is 5.14. The average molecular weight is 651 g/mol. The highest BCUT2D eigenvalue weighted by Crippen LogP contribution is 2.48. The van der Waals surface area contributed by atoms with E-state index < -0.39 is 0 Å². The molecule has 10 rings (SSSR count). The second kappa shape index (κ2) is 12.2. The summed E-state index contributed by atoms with van der Waals surface area (Å²) < 4.78 is 0. The Balaban J connectivity index is 1.06. The fraction of sp³-hybridized carbons (Fsp3) is 0.0612. The van der Waals surface area contributed by atoms with Gasteiger partial charge in [0.2, 0.25) is 0 Å². The van der Waals surface area contributed by atoms with Crippen molar-refractivity contribution in [1.29, 1.82) is 0 Å². The van der Waals surface area contributed by atoms with Gasteiger partial charge in [-0.25, -0.2) is 9.97 Å². The Morgan fingerprint density at radius 1 is 0.510 bits per heavy atom. The van der Waals surface area contributed by atoms with Crippen molar-refractivity contribution in [3.63, 3.8) is 0 Å². The van der Waals surface area contributed by atoms with E-state index in [1.54, 1.807) is 0 Å². The molecule has 240 valence electrons. The van der Waals surface area contributed by atoms with Crippen LogP contribution in [0.25, 0.3) is 72.0 Å². The van der Waals surface area contributed by atoms with E-state index in [1.165, 1.54) is 66.1 Å². The molecule has 1 heterocycles. The molecule has 1 aromatic heterocycles. The fourth-order valence-corrected chi connectivity index (χ4v) is 8.20. The standard InChI is InChI=1S/C49H34N2/c1-3-14-34(15-4-1)46-31-47(51-49(50-46)36-16-5-2-6-17-36)35-27-25-33(26-28-35)39-23-12-19-37-29-43-41-21-9-10-22-42(41)44(30-45(43)48(37)39)40-24-11-18-32-13-7-8-20-38(32)40/h1-27,30-31,35H,28-29H2. The number of benzene rings is 7. The lowest BCUT2D eigenvalue weighted by Crippen LogP contribution is -2.05. The summed E-state index contributed by atoms with van der Waals surface area (Å²) in [5.41, 5.74) is 14.8. The van der Waals surface area contributed by atoms with E-state index in [9.17, 15) is 0 Å². The van der Waals surface area contributed by atoms with Gasteiger partial charge in [0.25, 0.3) is 0 Å². The first kappa shape index (κ1) is 29.5. The molecular formula is C49H34N2. The van der Waals surface area contributed by atoms with Crippen LogP contribution >= 0.6 is 0 Å². The van der Waals surface area contributed by atoms with Gasteiger partial charge in [-0.05, 0) is 91.0 Å². The molecular weight excluding hydrogens is 617 g/mol. The van der Waals surface area contributed by atoms with Crippen LogP contribution in [0.3, 0.4) is 0 Å². The molecule has 0 bridgehead atoms. The van der Waals surface area contributed by atoms with Gasteiger partial charge in [0.15, 0.2) is 5.82 Å². The van der Waals surface area contributed by atoms with E-state index in [1.807, 2.05) is 24.3 Å². The first-order valence-electron chi connectivity index (χ1n) is 17.8. The first-order valence-corrected chi connectivity index (χ1v) is 17.8. The minimum atomic E-state index is 0.160. The smallest absolute Gasteiger partial charge is 0.160 e. The van der Waals surface area contributed by atoms with E-state index in [2.05, 4.69) is 152 Å². The minimum absolute atomic E-state index is 0.160. The van der Waals surface area contributed by atoms with E-state index >= 15 is 0 Å². The van der Waals surface area contributed by atoms with Crippen molar-refractivity contribution in [1.82, 2.24) is 9.97 Å². The topological polar surface area (TPSA) is 25.8 Å². The maximum absolute atomic E-state index is 5.14. The predicted octanol–water partition coefficient (Wildman–Crippen LogP) is 12.5. The van der Waals surface area contributed by atoms with Crippen LogP contribution in [-0.4, -0.2) is 9.97 Å². The summed E-state index contributed by atoms with van der Waals surface area (Å²) >= 11 is 0. The number of allylic oxidation sites excluding steroid dienone is 4. The molecule has 2 aliphatic rings. The van der Waals surface area contributed by atoms with Crippen molar-refractivity contribution in [3.8, 4) is 44.9 Å². The molecule has 0 saturated carbocycles. The molecule has 1 atom stereocenters. The molecule has 0 saturated heterocycles. The summed E-state index contributed by atoms with van der Waals surface area (Å²) in [4.78, 5) is 10.1. The van der Waals surface area contributed by atoms with E-state index in [0.29, 0.717) is 0 Å². The zero-order valence-corrected chi connectivity index (χ0v) is 28.1. The van der Waals surface area contributed by atoms with Gasteiger partial charge in [0.1, 0.15) is 0 Å². The zero-order valence-electron chi connectivity index (χ0n) is 28.1. The molecule has 1 unspecified atom stereocenters. The zero-order chi connectivity index (χ0) is 33.7. The van der Waals surface area contributed by atoms with Crippen LogP contribution < -0.4 is 0 Å². The Morgan fingerprint density at radius 2 is 1.20 bits per heavy atom. The molecule has 0 aliphatic heterocycles. The molecule has 0 amide bonds. The number of hydrogen-bond donors (Lipinski definition) is 0. The Kier molecular flexibility index (Phi) is 7.06. The quantitative estimate of drug-likeness (QED) is 0.185. The monoisotopic (exact) mass is 650 g/mol. The van der Waals surface area contributed by atoms with Gasteiger partial charge in [-0.3, -0.25) is 0 Å². The molecule has 2 nitrogen and oxygen atoms in total. The Hall–Kier alpha value is -6.38. The second-order valence-electron chi connectivity index (χ2n) is 13.6. The molecule has 8 aromatic rings. The molecule has 0 N–H and O–H groups in total. The lowest BCUT2D eigenvalue weighted by atomic mass is 9.85. The van der Waals surface area contributed by atoms with Crippen LogP contribution in [-0.2, 0) is 6.42 Å². The summed E-state index contributed by atoms with van der Waals surface area (Å²) in [6, 6.07) is 56.6. The van der Waals surface area contributed by atoms with Crippen molar-refractivity contribution in [3.05, 3.63) is 198 Å². The van der Waals surface area contributed by atoms with Gasteiger partial charge in [-0.2, -0.15) is 0 Å². The normalized spacial score (nSPS) is 14.7. The molecule has 2 aliphatic carbocycles. The van der Waals surface area contributed by atoms with Gasteiger partial charge in [-0.15, -0.1) is 0 Å². The number of nitrogens with zero attached hydrogens (tertiary/aromatic N) is 2. The highest BCUT2D eigenvalue weighted by atomic mass is 14.9. The summed E-state index contributed by atoms with van der Waals surface area (Å²) in [5, 5.41) is 5.22. The summed E-state index contributed by atoms with van der Waals surface area (Å²) in [6.45, 7) is 0. The SMILES string of the molecule is C1=CC(c2cc(-c3ccccc3)nc(-c3ccccc3)n2)CC=C1c1cccc2c1-c1cc(-c3cccc4ccccc34)c3ccccc3c1C2. The van der Waals surface area contributed by atoms with Crippen molar-refractivity contribution >= 4 is 27.1 Å². The molecule has 51 heavy (non-hydrogen) atoms. The third-order valence-corrected chi connectivity index (χ3v) is 10.7. The van der Waals surface area contributed by atoms with Crippen LogP contribution in [0.1, 0.15) is 34.7 Å². The third-order valence-electron chi connectivity index (χ3n) is 10.7. The van der Waals surface area contributed by atoms with Gasteiger partial charge in [0.05, 0.1) is 11.4 Å². The van der Waals surface area contributed by atoms with Crippen LogP contribution in [0, 0.1) is 0 Å². The van der Waals surface area contributed by atoms with Gasteiger partial charge < -0.3 is 0 Å². The lowest BCUT2D eigenvalue weighted by Gasteiger charge is -2.20. The number of hydrogen-bond acceptors (Lipinski definition) is 2. The highest BCUT2D eigenvalue weighted by molar-refractivity contribution is 6.10. The summed E-state index contributed by atoms with van der Waals surface area (Å²) in [6.07, 6.45) is 8.90. The Labute approximate surface area is 298 Å². The Morgan fingerprint density at radius 3 is 2.00 bits per heavy atom. The molecule has 2 heteroatoms. The predicted molar refractivity (Wildman–Crippen MR) is 213 cm³/mol. The van der Waals surface area contributed by atoms with Crippen LogP contribution in [0.5, 0.6) is 0 Å². The van der Waals surface area contributed by atoms with E-state index in [-0.39, 0.29) is 5.92 Å². The van der Waals surface area contributed by atoms with E-state index in [0.717, 1.165) is 41.2 Å². The Bertz CT molecular complexity index is 2620. The van der Waals surface area contributed by atoms with Crippen LogP contribution in [0.4, 0.5) is 0 Å². The maximum Gasteiger partial charge on any atom is 0.160 e. The first-order chi connectivity index (χ1) is 25.3. The lowest BCUT2D eigenvalue weighted by molar-refractivity contribution is 0.813. The van der Waals surface area contributed by atoms with Crippen molar-refractivity contribution in [2.75, 3.05) is 0 Å². The van der Waals surface area contributed by atoms with Crippen molar-refractivity contribution in [2.24, 2.45) is 0 Å². The van der Waals surface area contributed by atoms with Crippen molar-refractivity contribution < 1.29 is 0 Å². The highest BCUT2D eigenvalue weighted by Gasteiger charge is 2.27.